The fraction of sp³-hybridized carbons (Fsp3) is 0.458. The normalized spacial score (nSPS) is 15.7. The van der Waals surface area contributed by atoms with Gasteiger partial charge in [0.1, 0.15) is 12.8 Å². The summed E-state index contributed by atoms with van der Waals surface area (Å²) in [5, 5.41) is 3.12. The molecule has 0 atom stereocenters. The number of halogens is 3. The second kappa shape index (κ2) is 9.83. The molecule has 1 aliphatic carbocycles. The van der Waals surface area contributed by atoms with Crippen molar-refractivity contribution in [3.05, 3.63) is 41.3 Å². The lowest BCUT2D eigenvalue weighted by atomic mass is 9.91. The topological polar surface area (TPSA) is 78.3 Å². The van der Waals surface area contributed by atoms with Crippen molar-refractivity contribution >= 4 is 36.6 Å². The Morgan fingerprint density at radius 1 is 1.23 bits per heavy atom. The molecule has 2 aromatic heterocycles. The first-order valence-electron chi connectivity index (χ1n) is 11.5. The van der Waals surface area contributed by atoms with Crippen LogP contribution in [0, 0.1) is 0 Å². The van der Waals surface area contributed by atoms with Crippen LogP contribution in [-0.2, 0) is 11.5 Å². The van der Waals surface area contributed by atoms with Gasteiger partial charge < -0.3 is 19.4 Å². The molecule has 188 valence electrons. The lowest BCUT2D eigenvalue weighted by Crippen LogP contribution is -2.43. The Balaban J connectivity index is 1.72. The van der Waals surface area contributed by atoms with E-state index in [1.165, 1.54) is 0 Å². The molecule has 0 unspecified atom stereocenters. The van der Waals surface area contributed by atoms with Crippen molar-refractivity contribution in [3.8, 4) is 17.0 Å². The number of hydrogen-bond acceptors (Lipinski definition) is 5. The molecule has 3 aromatic rings. The van der Waals surface area contributed by atoms with E-state index in [0.717, 1.165) is 17.2 Å². The number of rotatable bonds is 9. The zero-order valence-electron chi connectivity index (χ0n) is 20.2. The van der Waals surface area contributed by atoms with Crippen molar-refractivity contribution in [2.75, 3.05) is 13.7 Å². The highest BCUT2D eigenvalue weighted by Gasteiger charge is 2.47. The molecule has 0 aliphatic heterocycles. The number of ether oxygens (including phenoxy) is 2. The Labute approximate surface area is 208 Å². The van der Waals surface area contributed by atoms with Gasteiger partial charge in [-0.25, -0.2) is 8.78 Å². The van der Waals surface area contributed by atoms with Gasteiger partial charge in [-0.3, -0.25) is 4.79 Å². The number of carbonyl (C=O) groups is 1. The van der Waals surface area contributed by atoms with Crippen molar-refractivity contribution in [1.29, 1.82) is 0 Å². The molecule has 4 rings (SSSR count). The van der Waals surface area contributed by atoms with Gasteiger partial charge in [0.05, 0.1) is 5.39 Å². The summed E-state index contributed by atoms with van der Waals surface area (Å²) in [7, 11) is 0.315. The molecule has 1 amide bonds. The molecule has 1 aliphatic rings. The molecule has 2 heterocycles. The largest absolute Gasteiger partial charge is 0.473 e. The molecule has 0 spiro atoms. The number of nitrogens with zero attached hydrogens (tertiary/aromatic N) is 3. The molecule has 35 heavy (non-hydrogen) atoms. The maximum Gasteiger partial charge on any atom is 0.255 e. The summed E-state index contributed by atoms with van der Waals surface area (Å²) in [6, 6.07) is 8.06. The van der Waals surface area contributed by atoms with Crippen LogP contribution in [0.1, 0.15) is 23.2 Å². The Bertz CT molecular complexity index is 1220. The highest BCUT2D eigenvalue weighted by Crippen LogP contribution is 2.42. The summed E-state index contributed by atoms with van der Waals surface area (Å²) in [6.45, 7) is 7.70. The highest BCUT2D eigenvalue weighted by atomic mass is 35.5. The lowest BCUT2D eigenvalue weighted by molar-refractivity contribution is -0.135. The Morgan fingerprint density at radius 2 is 1.91 bits per heavy atom. The van der Waals surface area contributed by atoms with Gasteiger partial charge in [-0.2, -0.15) is 9.97 Å². The van der Waals surface area contributed by atoms with Crippen molar-refractivity contribution in [3.63, 3.8) is 0 Å². The summed E-state index contributed by atoms with van der Waals surface area (Å²) in [6.07, 6.45) is 0.472. The molecule has 0 bridgehead atoms. The van der Waals surface area contributed by atoms with Crippen LogP contribution in [-0.4, -0.2) is 54.2 Å². The number of amides is 1. The van der Waals surface area contributed by atoms with Crippen LogP contribution in [0.2, 0.25) is 31.0 Å². The Kier molecular flexibility index (Phi) is 7.17. The van der Waals surface area contributed by atoms with E-state index in [1.807, 2.05) is 22.9 Å². The van der Waals surface area contributed by atoms with E-state index >= 15 is 0 Å². The zero-order chi connectivity index (χ0) is 25.4. The quantitative estimate of drug-likeness (QED) is 0.225. The number of hydrogen-bond donors (Lipinski definition) is 1. The van der Waals surface area contributed by atoms with Gasteiger partial charge in [0.25, 0.3) is 11.8 Å². The van der Waals surface area contributed by atoms with Crippen molar-refractivity contribution in [2.24, 2.45) is 0 Å². The molecule has 7 nitrogen and oxygen atoms in total. The van der Waals surface area contributed by atoms with Gasteiger partial charge in [-0.15, -0.1) is 0 Å². The Morgan fingerprint density at radius 3 is 2.51 bits per heavy atom. The average molecular weight is 523 g/mol. The average Bonchev–Trinajstić information content (AvgIpc) is 3.13. The van der Waals surface area contributed by atoms with Gasteiger partial charge in [0.2, 0.25) is 11.2 Å². The minimum absolute atomic E-state index is 0.0402. The molecule has 1 N–H and O–H groups in total. The maximum atomic E-state index is 13.4. The van der Waals surface area contributed by atoms with Gasteiger partial charge in [-0.1, -0.05) is 31.8 Å². The van der Waals surface area contributed by atoms with E-state index in [4.69, 9.17) is 21.1 Å². The lowest BCUT2D eigenvalue weighted by Gasteiger charge is -2.34. The van der Waals surface area contributed by atoms with Crippen molar-refractivity contribution in [1.82, 2.24) is 19.9 Å². The molecule has 11 heteroatoms. The fourth-order valence-corrected chi connectivity index (χ4v) is 4.78. The summed E-state index contributed by atoms with van der Waals surface area (Å²) in [4.78, 5) is 20.6. The van der Waals surface area contributed by atoms with Crippen molar-refractivity contribution in [2.45, 2.75) is 57.3 Å². The van der Waals surface area contributed by atoms with Gasteiger partial charge >= 0.3 is 0 Å². The molecule has 1 aromatic carbocycles. The zero-order valence-corrected chi connectivity index (χ0v) is 22.0. The van der Waals surface area contributed by atoms with Gasteiger partial charge in [0, 0.05) is 51.9 Å². The second-order valence-corrected chi connectivity index (χ2v) is 16.0. The van der Waals surface area contributed by atoms with Gasteiger partial charge in [0.15, 0.2) is 5.65 Å². The molecular weight excluding hydrogens is 494 g/mol. The van der Waals surface area contributed by atoms with E-state index in [2.05, 4.69) is 34.9 Å². The Hall–Kier alpha value is -2.56. The van der Waals surface area contributed by atoms with Crippen LogP contribution < -0.4 is 10.1 Å². The summed E-state index contributed by atoms with van der Waals surface area (Å²) in [5.74, 6) is -2.76. The number of nitrogens with one attached hydrogen (secondary N) is 1. The van der Waals surface area contributed by atoms with Crippen molar-refractivity contribution < 1.29 is 23.0 Å². The van der Waals surface area contributed by atoms with Crippen LogP contribution in [0.15, 0.2) is 30.5 Å². The molecule has 0 radical (unpaired) electrons. The highest BCUT2D eigenvalue weighted by molar-refractivity contribution is 6.76. The van der Waals surface area contributed by atoms with E-state index in [9.17, 15) is 13.6 Å². The summed E-state index contributed by atoms with van der Waals surface area (Å²) >= 11 is 6.20. The summed E-state index contributed by atoms with van der Waals surface area (Å²) < 4.78 is 40.5. The first kappa shape index (κ1) is 25.5. The van der Waals surface area contributed by atoms with Crippen LogP contribution >= 0.6 is 11.6 Å². The van der Waals surface area contributed by atoms with E-state index in [-0.39, 0.29) is 36.6 Å². The van der Waals surface area contributed by atoms with E-state index in [0.29, 0.717) is 23.2 Å². The van der Waals surface area contributed by atoms with Crippen LogP contribution in [0.25, 0.3) is 22.2 Å². The third-order valence-corrected chi connectivity index (χ3v) is 7.77. The fourth-order valence-electron chi connectivity index (χ4n) is 3.87. The van der Waals surface area contributed by atoms with E-state index in [1.54, 1.807) is 19.2 Å². The number of alkyl halides is 2. The number of aromatic nitrogens is 3. The maximum absolute atomic E-state index is 13.4. The first-order chi connectivity index (χ1) is 16.5. The third-order valence-electron chi connectivity index (χ3n) is 5.90. The number of fused-ring (bicyclic) bond motifs is 1. The smallest absolute Gasteiger partial charge is 0.255 e. The van der Waals surface area contributed by atoms with Crippen LogP contribution in [0.5, 0.6) is 5.88 Å². The minimum Gasteiger partial charge on any atom is -0.473 e. The summed E-state index contributed by atoms with van der Waals surface area (Å²) in [5.41, 5.74) is 2.53. The third kappa shape index (κ3) is 5.99. The van der Waals surface area contributed by atoms with Gasteiger partial charge in [-0.05, 0) is 35.3 Å². The SMILES string of the molecule is CNC(=O)c1ccc(-c2cn(COCC[Si](C)(C)C)c3nc(Cl)nc(OC4CC(F)(F)C4)c23)cc1. The number of benzene rings is 1. The number of carbonyl (C=O) groups excluding carboxylic acids is 1. The predicted molar refractivity (Wildman–Crippen MR) is 134 cm³/mol. The molecule has 1 saturated carbocycles. The standard InChI is InChI=1S/C24H29ClF2N4O3Si/c1-28-21(32)16-7-5-15(6-8-16)18-13-31(14-33-9-10-35(2,3)4)20-19(18)22(30-23(25)29-20)34-17-11-24(26,27)12-17/h5-8,13,17H,9-12,14H2,1-4H3,(H,28,32). The first-order valence-corrected chi connectivity index (χ1v) is 15.6. The van der Waals surface area contributed by atoms with Crippen LogP contribution in [0.4, 0.5) is 8.78 Å². The molecule has 0 saturated heterocycles. The molecule has 1 fully saturated rings. The monoisotopic (exact) mass is 522 g/mol. The molecular formula is C24H29ClF2N4O3Si. The van der Waals surface area contributed by atoms with E-state index < -0.39 is 20.1 Å². The second-order valence-electron chi connectivity index (χ2n) is 10.0. The predicted octanol–water partition coefficient (Wildman–Crippen LogP) is 5.60. The minimum atomic E-state index is -2.73. The van der Waals surface area contributed by atoms with Crippen LogP contribution in [0.3, 0.4) is 0 Å².